The average Bonchev–Trinajstić information content (AvgIpc) is 2.59. The number of benzene rings is 2. The van der Waals surface area contributed by atoms with E-state index in [1.54, 1.807) is 25.1 Å². The summed E-state index contributed by atoms with van der Waals surface area (Å²) < 4.78 is 17.3. The zero-order chi connectivity index (χ0) is 19.3. The third-order valence-corrected chi connectivity index (χ3v) is 5.20. The van der Waals surface area contributed by atoms with Gasteiger partial charge in [-0.05, 0) is 37.3 Å². The van der Waals surface area contributed by atoms with Gasteiger partial charge in [-0.3, -0.25) is 9.00 Å². The summed E-state index contributed by atoms with van der Waals surface area (Å²) in [6.07, 6.45) is -1.07. The molecule has 2 aromatic rings. The third kappa shape index (κ3) is 5.30. The number of rotatable bonds is 6. The van der Waals surface area contributed by atoms with E-state index in [0.29, 0.717) is 26.4 Å². The number of hydrogen-bond donors (Lipinski definition) is 1. The molecule has 0 radical (unpaired) electrons. The fraction of sp³-hybridized carbons (Fsp3) is 0.222. The largest absolute Gasteiger partial charge is 0.449 e. The highest BCUT2D eigenvalue weighted by Gasteiger charge is 2.22. The zero-order valence-electron chi connectivity index (χ0n) is 14.1. The molecule has 8 heteroatoms. The maximum absolute atomic E-state index is 12.4. The van der Waals surface area contributed by atoms with Crippen LogP contribution in [0.2, 0.25) is 10.0 Å². The fourth-order valence-corrected chi connectivity index (χ4v) is 3.60. The van der Waals surface area contributed by atoms with Crippen molar-refractivity contribution < 1.29 is 18.5 Å². The Morgan fingerprint density at radius 1 is 1.15 bits per heavy atom. The molecule has 0 fully saturated rings. The predicted octanol–water partition coefficient (Wildman–Crippen LogP) is 4.30. The van der Waals surface area contributed by atoms with Crippen molar-refractivity contribution in [3.05, 3.63) is 58.1 Å². The van der Waals surface area contributed by atoms with Gasteiger partial charge in [-0.25, -0.2) is 4.79 Å². The van der Waals surface area contributed by atoms with Crippen molar-refractivity contribution in [2.75, 3.05) is 11.1 Å². The van der Waals surface area contributed by atoms with E-state index in [-0.39, 0.29) is 5.56 Å². The lowest BCUT2D eigenvalue weighted by atomic mass is 10.2. The van der Waals surface area contributed by atoms with Crippen LogP contribution in [0.3, 0.4) is 0 Å². The summed E-state index contributed by atoms with van der Waals surface area (Å²) in [7, 11) is -1.32. The Morgan fingerprint density at radius 3 is 2.38 bits per heavy atom. The molecule has 0 aliphatic heterocycles. The van der Waals surface area contributed by atoms with Crippen molar-refractivity contribution >= 4 is 51.6 Å². The van der Waals surface area contributed by atoms with Crippen molar-refractivity contribution in [3.63, 3.8) is 0 Å². The molecule has 26 heavy (non-hydrogen) atoms. The van der Waals surface area contributed by atoms with Gasteiger partial charge in [-0.1, -0.05) is 42.3 Å². The summed E-state index contributed by atoms with van der Waals surface area (Å²) in [6, 6.07) is 11.1. The number of ether oxygens (including phenoxy) is 1. The van der Waals surface area contributed by atoms with Gasteiger partial charge in [0.1, 0.15) is 0 Å². The SMILES string of the molecule is CC[S@](=O)c1ccccc1C(=O)O[C@H](C)C(=O)Nc1cc(Cl)cc(Cl)c1. The Bertz CT molecular complexity index is 837. The van der Waals surface area contributed by atoms with Gasteiger partial charge in [-0.15, -0.1) is 0 Å². The molecule has 0 aliphatic carbocycles. The van der Waals surface area contributed by atoms with Crippen LogP contribution in [0.4, 0.5) is 5.69 Å². The van der Waals surface area contributed by atoms with Gasteiger partial charge >= 0.3 is 5.97 Å². The number of halogens is 2. The van der Waals surface area contributed by atoms with Crippen LogP contribution in [0.25, 0.3) is 0 Å². The first kappa shape index (κ1) is 20.4. The van der Waals surface area contributed by atoms with Crippen LogP contribution in [0.15, 0.2) is 47.4 Å². The van der Waals surface area contributed by atoms with Crippen LogP contribution >= 0.6 is 23.2 Å². The van der Waals surface area contributed by atoms with Crippen LogP contribution in [-0.2, 0) is 20.3 Å². The normalized spacial score (nSPS) is 12.9. The highest BCUT2D eigenvalue weighted by atomic mass is 35.5. The summed E-state index contributed by atoms with van der Waals surface area (Å²) in [5, 5.41) is 3.32. The lowest BCUT2D eigenvalue weighted by molar-refractivity contribution is -0.123. The van der Waals surface area contributed by atoms with E-state index in [1.165, 1.54) is 31.2 Å². The van der Waals surface area contributed by atoms with E-state index < -0.39 is 28.8 Å². The van der Waals surface area contributed by atoms with Crippen molar-refractivity contribution in [2.24, 2.45) is 0 Å². The first-order valence-electron chi connectivity index (χ1n) is 7.77. The van der Waals surface area contributed by atoms with Crippen LogP contribution in [0, 0.1) is 0 Å². The molecule has 0 saturated carbocycles. The Morgan fingerprint density at radius 2 is 1.77 bits per heavy atom. The first-order chi connectivity index (χ1) is 12.3. The number of amides is 1. The van der Waals surface area contributed by atoms with E-state index in [2.05, 4.69) is 5.32 Å². The van der Waals surface area contributed by atoms with E-state index in [9.17, 15) is 13.8 Å². The van der Waals surface area contributed by atoms with Crippen LogP contribution in [0.5, 0.6) is 0 Å². The summed E-state index contributed by atoms with van der Waals surface area (Å²) in [6.45, 7) is 3.20. The lowest BCUT2D eigenvalue weighted by Gasteiger charge is -2.15. The van der Waals surface area contributed by atoms with Gasteiger partial charge in [0.15, 0.2) is 6.10 Å². The monoisotopic (exact) mass is 413 g/mol. The van der Waals surface area contributed by atoms with Gasteiger partial charge in [-0.2, -0.15) is 0 Å². The molecule has 138 valence electrons. The Balaban J connectivity index is 2.09. The summed E-state index contributed by atoms with van der Waals surface area (Å²) in [5.41, 5.74) is 0.570. The molecule has 0 heterocycles. The van der Waals surface area contributed by atoms with Crippen LogP contribution in [-0.4, -0.2) is 27.9 Å². The van der Waals surface area contributed by atoms with Gasteiger partial charge in [0.25, 0.3) is 5.91 Å². The first-order valence-corrected chi connectivity index (χ1v) is 9.84. The van der Waals surface area contributed by atoms with Crippen LogP contribution in [0.1, 0.15) is 24.2 Å². The van der Waals surface area contributed by atoms with Gasteiger partial charge < -0.3 is 10.1 Å². The molecule has 1 amide bonds. The second kappa shape index (κ2) is 9.16. The maximum Gasteiger partial charge on any atom is 0.340 e. The number of carbonyl (C=O) groups is 2. The number of anilines is 1. The lowest BCUT2D eigenvalue weighted by Crippen LogP contribution is -2.30. The molecule has 2 aromatic carbocycles. The molecule has 2 rings (SSSR count). The smallest absolute Gasteiger partial charge is 0.340 e. The minimum absolute atomic E-state index is 0.179. The molecule has 2 atom stereocenters. The van der Waals surface area contributed by atoms with Gasteiger partial charge in [0, 0.05) is 21.5 Å². The third-order valence-electron chi connectivity index (χ3n) is 3.40. The van der Waals surface area contributed by atoms with E-state index in [1.807, 2.05) is 0 Å². The standard InChI is InChI=1S/C18H17Cl2NO4S/c1-3-26(24)16-7-5-4-6-15(16)18(23)25-11(2)17(22)21-14-9-12(19)8-13(20)10-14/h4-11H,3H2,1-2H3,(H,21,22)/t11-,26+/m1/s1. The number of hydrogen-bond acceptors (Lipinski definition) is 4. The zero-order valence-corrected chi connectivity index (χ0v) is 16.5. The highest BCUT2D eigenvalue weighted by molar-refractivity contribution is 7.85. The Kier molecular flexibility index (Phi) is 7.20. The highest BCUT2D eigenvalue weighted by Crippen LogP contribution is 2.23. The molecule has 0 spiro atoms. The maximum atomic E-state index is 12.4. The second-order valence-electron chi connectivity index (χ2n) is 5.33. The van der Waals surface area contributed by atoms with Crippen LogP contribution < -0.4 is 5.32 Å². The van der Waals surface area contributed by atoms with Gasteiger partial charge in [0.05, 0.1) is 21.3 Å². The van der Waals surface area contributed by atoms with Crippen molar-refractivity contribution in [1.82, 2.24) is 0 Å². The van der Waals surface area contributed by atoms with Crippen molar-refractivity contribution in [3.8, 4) is 0 Å². The summed E-state index contributed by atoms with van der Waals surface area (Å²) >= 11 is 11.8. The summed E-state index contributed by atoms with van der Waals surface area (Å²) in [5.74, 6) is -0.879. The minimum atomic E-state index is -1.32. The molecule has 0 aliphatic rings. The second-order valence-corrected chi connectivity index (χ2v) is 7.91. The fourth-order valence-electron chi connectivity index (χ4n) is 2.14. The Labute approximate surface area is 164 Å². The molecule has 0 aromatic heterocycles. The molecular weight excluding hydrogens is 397 g/mol. The number of nitrogens with one attached hydrogen (secondary N) is 1. The van der Waals surface area contributed by atoms with E-state index >= 15 is 0 Å². The molecule has 0 unspecified atom stereocenters. The Hall–Kier alpha value is -1.89. The van der Waals surface area contributed by atoms with E-state index in [4.69, 9.17) is 27.9 Å². The van der Waals surface area contributed by atoms with Gasteiger partial charge in [0.2, 0.25) is 0 Å². The summed E-state index contributed by atoms with van der Waals surface area (Å²) in [4.78, 5) is 25.0. The minimum Gasteiger partial charge on any atom is -0.449 e. The molecule has 5 nitrogen and oxygen atoms in total. The number of carbonyl (C=O) groups excluding carboxylic acids is 2. The van der Waals surface area contributed by atoms with E-state index in [0.717, 1.165) is 0 Å². The van der Waals surface area contributed by atoms with Crippen molar-refractivity contribution in [1.29, 1.82) is 0 Å². The topological polar surface area (TPSA) is 72.5 Å². The quantitative estimate of drug-likeness (QED) is 0.716. The molecular formula is C18H17Cl2NO4S. The molecule has 1 N–H and O–H groups in total. The average molecular weight is 414 g/mol. The van der Waals surface area contributed by atoms with Crippen molar-refractivity contribution in [2.45, 2.75) is 24.8 Å². The molecule has 0 saturated heterocycles. The predicted molar refractivity (Wildman–Crippen MR) is 103 cm³/mol. The number of esters is 1. The molecule has 0 bridgehead atoms.